The number of hydrogen-bond acceptors (Lipinski definition) is 1. The van der Waals surface area contributed by atoms with Crippen LogP contribution in [-0.2, 0) is 0 Å². The van der Waals surface area contributed by atoms with Crippen LogP contribution in [0.3, 0.4) is 0 Å². The molecule has 1 N–H and O–H groups in total. The summed E-state index contributed by atoms with van der Waals surface area (Å²) in [5.74, 6) is 0.0904. The van der Waals surface area contributed by atoms with Gasteiger partial charge in [-0.1, -0.05) is 12.1 Å². The minimum Gasteiger partial charge on any atom is -0.360 e. The molecule has 1 heterocycles. The van der Waals surface area contributed by atoms with Gasteiger partial charge in [-0.3, -0.25) is 4.79 Å². The molecule has 0 bridgehead atoms. The van der Waals surface area contributed by atoms with Crippen LogP contribution in [0, 0.1) is 0 Å². The third-order valence-corrected chi connectivity index (χ3v) is 2.69. The van der Waals surface area contributed by atoms with Gasteiger partial charge in [-0.15, -0.1) is 0 Å². The van der Waals surface area contributed by atoms with Gasteiger partial charge in [0, 0.05) is 27.1 Å². The Kier molecular flexibility index (Phi) is 1.96. The summed E-state index contributed by atoms with van der Waals surface area (Å²) in [5, 5.41) is 1.10. The number of carbonyl (C=O) groups is 1. The second kappa shape index (κ2) is 3.00. The molecule has 0 saturated carbocycles. The topological polar surface area (TPSA) is 32.9 Å². The average Bonchev–Trinajstić information content (AvgIpc) is 2.47. The highest BCUT2D eigenvalue weighted by molar-refractivity contribution is 9.10. The van der Waals surface area contributed by atoms with Gasteiger partial charge in [0.2, 0.25) is 0 Å². The highest BCUT2D eigenvalue weighted by Crippen LogP contribution is 2.24. The lowest BCUT2D eigenvalue weighted by Crippen LogP contribution is -1.90. The number of H-pyrrole nitrogens is 1. The molecule has 0 aliphatic carbocycles. The second-order valence-electron chi connectivity index (χ2n) is 2.95. The van der Waals surface area contributed by atoms with Gasteiger partial charge in [0.05, 0.1) is 0 Å². The van der Waals surface area contributed by atoms with E-state index in [1.165, 1.54) is 0 Å². The first-order valence-corrected chi connectivity index (χ1v) is 4.75. The highest BCUT2D eigenvalue weighted by atomic mass is 79.9. The van der Waals surface area contributed by atoms with Crippen LogP contribution in [0.1, 0.15) is 17.3 Å². The number of hydrogen-bond donors (Lipinski definition) is 1. The first kappa shape index (κ1) is 8.51. The van der Waals surface area contributed by atoms with Crippen molar-refractivity contribution in [2.75, 3.05) is 0 Å². The molecule has 1 aromatic heterocycles. The molecular formula is C10H8BrNO. The fraction of sp³-hybridized carbons (Fsp3) is 0.100. The fourth-order valence-corrected chi connectivity index (χ4v) is 1.77. The standard InChI is InChI=1S/C10H8BrNO/c1-6(13)7-2-3-8-9(11)5-12-10(8)4-7/h2-5,12H,1H3. The van der Waals surface area contributed by atoms with Crippen LogP contribution in [0.25, 0.3) is 10.9 Å². The molecule has 0 radical (unpaired) electrons. The first-order valence-electron chi connectivity index (χ1n) is 3.96. The summed E-state index contributed by atoms with van der Waals surface area (Å²) < 4.78 is 1.03. The Bertz CT molecular complexity index is 473. The number of Topliss-reactive ketones (excluding diaryl/α,β-unsaturated/α-hetero) is 1. The number of carbonyl (C=O) groups excluding carboxylic acids is 1. The van der Waals surface area contributed by atoms with E-state index in [0.29, 0.717) is 0 Å². The molecule has 0 unspecified atom stereocenters. The molecule has 1 aromatic carbocycles. The Morgan fingerprint density at radius 3 is 2.92 bits per heavy atom. The third kappa shape index (κ3) is 1.40. The Morgan fingerprint density at radius 2 is 2.23 bits per heavy atom. The van der Waals surface area contributed by atoms with Crippen LogP contribution in [-0.4, -0.2) is 10.8 Å². The van der Waals surface area contributed by atoms with E-state index in [-0.39, 0.29) is 5.78 Å². The molecule has 0 aliphatic heterocycles. The SMILES string of the molecule is CC(=O)c1ccc2c(Br)c[nH]c2c1. The van der Waals surface area contributed by atoms with Crippen molar-refractivity contribution in [3.05, 3.63) is 34.4 Å². The van der Waals surface area contributed by atoms with Gasteiger partial charge in [0.1, 0.15) is 0 Å². The summed E-state index contributed by atoms with van der Waals surface area (Å²) in [5.41, 5.74) is 1.72. The van der Waals surface area contributed by atoms with Crippen molar-refractivity contribution in [3.8, 4) is 0 Å². The third-order valence-electron chi connectivity index (χ3n) is 2.04. The molecule has 2 rings (SSSR count). The molecule has 66 valence electrons. The molecule has 13 heavy (non-hydrogen) atoms. The molecular weight excluding hydrogens is 230 g/mol. The van der Waals surface area contributed by atoms with Gasteiger partial charge >= 0.3 is 0 Å². The molecule has 2 nitrogen and oxygen atoms in total. The minimum absolute atomic E-state index is 0.0904. The molecule has 3 heteroatoms. The summed E-state index contributed by atoms with van der Waals surface area (Å²) in [4.78, 5) is 14.2. The maximum Gasteiger partial charge on any atom is 0.159 e. The van der Waals surface area contributed by atoms with Crippen LogP contribution < -0.4 is 0 Å². The summed E-state index contributed by atoms with van der Waals surface area (Å²) in [6, 6.07) is 5.64. The van der Waals surface area contributed by atoms with Crippen LogP contribution in [0.15, 0.2) is 28.9 Å². The maximum absolute atomic E-state index is 11.1. The van der Waals surface area contributed by atoms with Crippen molar-refractivity contribution in [2.24, 2.45) is 0 Å². The van der Waals surface area contributed by atoms with Crippen LogP contribution in [0.5, 0.6) is 0 Å². The van der Waals surface area contributed by atoms with Crippen LogP contribution in [0.2, 0.25) is 0 Å². The predicted octanol–water partition coefficient (Wildman–Crippen LogP) is 3.13. The monoisotopic (exact) mass is 237 g/mol. The lowest BCUT2D eigenvalue weighted by molar-refractivity contribution is 0.101. The lowest BCUT2D eigenvalue weighted by Gasteiger charge is -1.95. The highest BCUT2D eigenvalue weighted by Gasteiger charge is 2.03. The van der Waals surface area contributed by atoms with Gasteiger partial charge in [-0.05, 0) is 28.9 Å². The maximum atomic E-state index is 11.1. The number of nitrogens with one attached hydrogen (secondary N) is 1. The van der Waals surface area contributed by atoms with Crippen molar-refractivity contribution in [3.63, 3.8) is 0 Å². The normalized spacial score (nSPS) is 10.6. The number of halogens is 1. The summed E-state index contributed by atoms with van der Waals surface area (Å²) in [6.45, 7) is 1.57. The van der Waals surface area contributed by atoms with Gasteiger partial charge in [-0.2, -0.15) is 0 Å². The Labute approximate surface area is 84.1 Å². The zero-order valence-corrected chi connectivity index (χ0v) is 8.68. The van der Waals surface area contributed by atoms with Crippen molar-refractivity contribution in [2.45, 2.75) is 6.92 Å². The summed E-state index contributed by atoms with van der Waals surface area (Å²) in [7, 11) is 0. The van der Waals surface area contributed by atoms with Gasteiger partial charge in [0.25, 0.3) is 0 Å². The summed E-state index contributed by atoms with van der Waals surface area (Å²) >= 11 is 3.41. The first-order chi connectivity index (χ1) is 6.18. The van der Waals surface area contributed by atoms with Crippen LogP contribution >= 0.6 is 15.9 Å². The second-order valence-corrected chi connectivity index (χ2v) is 3.81. The molecule has 0 spiro atoms. The van der Waals surface area contributed by atoms with E-state index in [2.05, 4.69) is 20.9 Å². The Balaban J connectivity index is 2.70. The number of aromatic amines is 1. The van der Waals surface area contributed by atoms with E-state index < -0.39 is 0 Å². The van der Waals surface area contributed by atoms with E-state index in [4.69, 9.17) is 0 Å². The number of aromatic nitrogens is 1. The number of benzene rings is 1. The van der Waals surface area contributed by atoms with Crippen molar-refractivity contribution >= 4 is 32.6 Å². The number of ketones is 1. The van der Waals surface area contributed by atoms with Gasteiger partial charge < -0.3 is 4.98 Å². The summed E-state index contributed by atoms with van der Waals surface area (Å²) in [6.07, 6.45) is 1.87. The molecule has 0 saturated heterocycles. The fourth-order valence-electron chi connectivity index (χ4n) is 1.31. The Hall–Kier alpha value is -1.09. The van der Waals surface area contributed by atoms with E-state index in [9.17, 15) is 4.79 Å². The molecule has 0 aliphatic rings. The zero-order valence-electron chi connectivity index (χ0n) is 7.10. The molecule has 0 amide bonds. The average molecular weight is 238 g/mol. The Morgan fingerprint density at radius 1 is 1.46 bits per heavy atom. The van der Waals surface area contributed by atoms with Crippen molar-refractivity contribution < 1.29 is 4.79 Å². The van der Waals surface area contributed by atoms with Gasteiger partial charge in [0.15, 0.2) is 5.78 Å². The largest absolute Gasteiger partial charge is 0.360 e. The van der Waals surface area contributed by atoms with E-state index >= 15 is 0 Å². The zero-order chi connectivity index (χ0) is 9.42. The van der Waals surface area contributed by atoms with E-state index in [1.54, 1.807) is 6.92 Å². The van der Waals surface area contributed by atoms with Crippen molar-refractivity contribution in [1.82, 2.24) is 4.98 Å². The minimum atomic E-state index is 0.0904. The number of rotatable bonds is 1. The van der Waals surface area contributed by atoms with Gasteiger partial charge in [-0.25, -0.2) is 0 Å². The quantitative estimate of drug-likeness (QED) is 0.760. The predicted molar refractivity (Wildman–Crippen MR) is 56.0 cm³/mol. The lowest BCUT2D eigenvalue weighted by atomic mass is 10.1. The van der Waals surface area contributed by atoms with E-state index in [0.717, 1.165) is 20.9 Å². The van der Waals surface area contributed by atoms with E-state index in [1.807, 2.05) is 24.4 Å². The molecule has 0 atom stereocenters. The van der Waals surface area contributed by atoms with Crippen molar-refractivity contribution in [1.29, 1.82) is 0 Å². The smallest absolute Gasteiger partial charge is 0.159 e. The molecule has 2 aromatic rings. The molecule has 0 fully saturated rings. The number of fused-ring (bicyclic) bond motifs is 1. The van der Waals surface area contributed by atoms with Crippen LogP contribution in [0.4, 0.5) is 0 Å².